The van der Waals surface area contributed by atoms with Gasteiger partial charge in [-0.15, -0.1) is 0 Å². The number of esters is 1. The smallest absolute Gasteiger partial charge is 0.330 e. The van der Waals surface area contributed by atoms with E-state index in [4.69, 9.17) is 9.16 Å². The van der Waals surface area contributed by atoms with Crippen molar-refractivity contribution in [3.63, 3.8) is 0 Å². The van der Waals surface area contributed by atoms with Gasteiger partial charge in [0.15, 0.2) is 0 Å². The number of hydrogen-bond acceptors (Lipinski definition) is 3. The Labute approximate surface area is 145 Å². The Morgan fingerprint density at radius 2 is 1.62 bits per heavy atom. The van der Waals surface area contributed by atoms with E-state index in [0.717, 1.165) is 12.5 Å². The summed E-state index contributed by atoms with van der Waals surface area (Å²) in [6.07, 6.45) is 1.98. The van der Waals surface area contributed by atoms with Gasteiger partial charge in [-0.1, -0.05) is 67.2 Å². The van der Waals surface area contributed by atoms with Crippen LogP contribution in [0, 0.1) is 0 Å². The Morgan fingerprint density at radius 1 is 1.08 bits per heavy atom. The molecule has 0 saturated heterocycles. The fourth-order valence-electron chi connectivity index (χ4n) is 2.70. The maximum atomic E-state index is 11.1. The van der Waals surface area contributed by atoms with Crippen LogP contribution < -0.4 is 0 Å². The molecule has 0 atom stereocenters. The maximum Gasteiger partial charge on any atom is 0.330 e. The minimum Gasteiger partial charge on any atom is -0.463 e. The number of carbonyl (C=O) groups excluding carboxylic acids is 1. The molecule has 0 aromatic heterocycles. The summed E-state index contributed by atoms with van der Waals surface area (Å²) in [5, 5.41) is 0. The molecule has 24 heavy (non-hydrogen) atoms. The van der Waals surface area contributed by atoms with Gasteiger partial charge in [0.1, 0.15) is 0 Å². The highest BCUT2D eigenvalue weighted by atomic mass is 28.3. The van der Waals surface area contributed by atoms with Gasteiger partial charge in [0.2, 0.25) is 9.04 Å². The topological polar surface area (TPSA) is 35.5 Å². The van der Waals surface area contributed by atoms with Crippen molar-refractivity contribution >= 4 is 15.0 Å². The van der Waals surface area contributed by atoms with Crippen molar-refractivity contribution in [2.75, 3.05) is 13.7 Å². The van der Waals surface area contributed by atoms with E-state index in [1.165, 1.54) is 17.2 Å². The molecule has 0 unspecified atom stereocenters. The first kappa shape index (κ1) is 18.2. The standard InChI is InChI=1S/C20H23O3Si/c1-3-19(21)23-15-10-16-24(22-2)20(17-11-6-4-7-12-17)18-13-8-5-9-14-18/h3-9,11-14,20H,1,10,15-16H2,2H3. The van der Waals surface area contributed by atoms with Crippen LogP contribution in [-0.2, 0) is 14.0 Å². The monoisotopic (exact) mass is 339 g/mol. The lowest BCUT2D eigenvalue weighted by atomic mass is 10.0. The molecule has 0 spiro atoms. The van der Waals surface area contributed by atoms with Crippen molar-refractivity contribution in [3.8, 4) is 0 Å². The fraction of sp³-hybridized carbons (Fsp3) is 0.250. The Morgan fingerprint density at radius 3 is 2.08 bits per heavy atom. The first-order valence-electron chi connectivity index (χ1n) is 8.05. The lowest BCUT2D eigenvalue weighted by Crippen LogP contribution is -2.27. The van der Waals surface area contributed by atoms with Crippen molar-refractivity contribution < 1.29 is 14.0 Å². The van der Waals surface area contributed by atoms with Gasteiger partial charge in [0.25, 0.3) is 0 Å². The summed E-state index contributed by atoms with van der Waals surface area (Å²) in [5.41, 5.74) is 2.78. The molecule has 2 aromatic rings. The number of rotatable bonds is 9. The van der Waals surface area contributed by atoms with Crippen LogP contribution in [0.1, 0.15) is 23.1 Å². The van der Waals surface area contributed by atoms with E-state index in [1.807, 2.05) is 12.1 Å². The Kier molecular flexibility index (Phi) is 7.46. The summed E-state index contributed by atoms with van der Waals surface area (Å²) in [6.45, 7) is 3.81. The highest BCUT2D eigenvalue weighted by Crippen LogP contribution is 2.29. The van der Waals surface area contributed by atoms with Crippen molar-refractivity contribution in [2.24, 2.45) is 0 Å². The SMILES string of the molecule is C=CC(=O)OCCC[Si](OC)C(c1ccccc1)c1ccccc1. The molecule has 0 aliphatic carbocycles. The second-order valence-electron chi connectivity index (χ2n) is 5.40. The highest BCUT2D eigenvalue weighted by molar-refractivity contribution is 6.54. The van der Waals surface area contributed by atoms with Gasteiger partial charge < -0.3 is 9.16 Å². The van der Waals surface area contributed by atoms with Gasteiger partial charge in [0.05, 0.1) is 6.61 Å². The average Bonchev–Trinajstić information content (AvgIpc) is 2.65. The second-order valence-corrected chi connectivity index (χ2v) is 7.82. The zero-order valence-corrected chi connectivity index (χ0v) is 15.0. The zero-order chi connectivity index (χ0) is 17.2. The van der Waals surface area contributed by atoms with Crippen LogP contribution in [0.15, 0.2) is 73.3 Å². The van der Waals surface area contributed by atoms with E-state index < -0.39 is 9.04 Å². The number of ether oxygens (including phenoxy) is 1. The molecule has 0 amide bonds. The maximum absolute atomic E-state index is 11.1. The summed E-state index contributed by atoms with van der Waals surface area (Å²) in [5.74, 6) is -0.371. The van der Waals surface area contributed by atoms with Crippen LogP contribution in [0.3, 0.4) is 0 Å². The third kappa shape index (κ3) is 5.18. The summed E-state index contributed by atoms with van der Waals surface area (Å²) in [7, 11) is 0.632. The average molecular weight is 339 g/mol. The molecule has 4 heteroatoms. The molecule has 125 valence electrons. The molecular weight excluding hydrogens is 316 g/mol. The first-order valence-corrected chi connectivity index (χ1v) is 9.74. The highest BCUT2D eigenvalue weighted by Gasteiger charge is 2.27. The number of benzene rings is 2. The number of hydrogen-bond donors (Lipinski definition) is 0. The van der Waals surface area contributed by atoms with Gasteiger partial charge in [-0.25, -0.2) is 4.79 Å². The van der Waals surface area contributed by atoms with E-state index in [-0.39, 0.29) is 11.5 Å². The van der Waals surface area contributed by atoms with Crippen LogP contribution in [0.25, 0.3) is 0 Å². The largest absolute Gasteiger partial charge is 0.463 e. The summed E-state index contributed by atoms with van der Waals surface area (Å²) in [6, 6.07) is 21.8. The van der Waals surface area contributed by atoms with E-state index >= 15 is 0 Å². The molecule has 2 aromatic carbocycles. The van der Waals surface area contributed by atoms with Gasteiger partial charge in [-0.05, 0) is 23.6 Å². The van der Waals surface area contributed by atoms with Gasteiger partial charge >= 0.3 is 5.97 Å². The predicted octanol–water partition coefficient (Wildman–Crippen LogP) is 4.11. The van der Waals surface area contributed by atoms with E-state index in [2.05, 4.69) is 55.1 Å². The second kappa shape index (κ2) is 9.85. The lowest BCUT2D eigenvalue weighted by Gasteiger charge is -2.25. The van der Waals surface area contributed by atoms with Crippen molar-refractivity contribution in [1.29, 1.82) is 0 Å². The van der Waals surface area contributed by atoms with E-state index in [9.17, 15) is 4.79 Å². The minimum absolute atomic E-state index is 0.248. The molecule has 0 saturated carbocycles. The zero-order valence-electron chi connectivity index (χ0n) is 14.0. The predicted molar refractivity (Wildman–Crippen MR) is 98.1 cm³/mol. The third-order valence-corrected chi connectivity index (χ3v) is 6.51. The molecule has 2 rings (SSSR count). The Balaban J connectivity index is 2.12. The fourth-order valence-corrected chi connectivity index (χ4v) is 5.05. The van der Waals surface area contributed by atoms with Gasteiger partial charge in [-0.3, -0.25) is 0 Å². The van der Waals surface area contributed by atoms with E-state index in [1.54, 1.807) is 7.11 Å². The normalized spacial score (nSPS) is 10.8. The summed E-state index contributed by atoms with van der Waals surface area (Å²) >= 11 is 0. The van der Waals surface area contributed by atoms with Crippen LogP contribution in [-0.4, -0.2) is 28.7 Å². The lowest BCUT2D eigenvalue weighted by molar-refractivity contribution is -0.137. The van der Waals surface area contributed by atoms with Crippen LogP contribution in [0.4, 0.5) is 0 Å². The van der Waals surface area contributed by atoms with E-state index in [0.29, 0.717) is 6.61 Å². The minimum atomic E-state index is -1.15. The van der Waals surface area contributed by atoms with Crippen LogP contribution >= 0.6 is 0 Å². The third-order valence-electron chi connectivity index (χ3n) is 3.83. The van der Waals surface area contributed by atoms with Crippen molar-refractivity contribution in [1.82, 2.24) is 0 Å². The molecule has 0 aliphatic heterocycles. The van der Waals surface area contributed by atoms with Crippen molar-refractivity contribution in [2.45, 2.75) is 18.0 Å². The van der Waals surface area contributed by atoms with Gasteiger partial charge in [-0.2, -0.15) is 0 Å². The molecule has 1 radical (unpaired) electrons. The molecule has 3 nitrogen and oxygen atoms in total. The quantitative estimate of drug-likeness (QED) is 0.298. The molecule has 0 heterocycles. The summed E-state index contributed by atoms with van der Waals surface area (Å²) < 4.78 is 11.0. The van der Waals surface area contributed by atoms with Gasteiger partial charge in [0, 0.05) is 18.7 Å². The first-order chi connectivity index (χ1) is 11.8. The Bertz CT molecular complexity index is 588. The Hall–Kier alpha value is -2.17. The molecular formula is C20H23O3Si. The molecule has 0 N–H and O–H groups in total. The molecule has 0 aliphatic rings. The molecule has 0 bridgehead atoms. The van der Waals surface area contributed by atoms with Crippen molar-refractivity contribution in [3.05, 3.63) is 84.4 Å². The van der Waals surface area contributed by atoms with Crippen LogP contribution in [0.2, 0.25) is 6.04 Å². The summed E-state index contributed by atoms with van der Waals surface area (Å²) in [4.78, 5) is 11.1. The van der Waals surface area contributed by atoms with Crippen LogP contribution in [0.5, 0.6) is 0 Å². The number of carbonyl (C=O) groups is 1. The molecule has 0 fully saturated rings.